The molecule has 108 valence electrons. The first kappa shape index (κ1) is 17.6. The summed E-state index contributed by atoms with van der Waals surface area (Å²) in [6.07, 6.45) is 1.33. The zero-order valence-corrected chi connectivity index (χ0v) is 12.1. The molecule has 19 heavy (non-hydrogen) atoms. The maximum Gasteiger partial charge on any atom is 0.449 e. The molecular formula is C13H20O5S. The SMILES string of the molecule is C=CCOS(=O)(=O)Oc1ccccc1.CCOCC. The van der Waals surface area contributed by atoms with Crippen LogP contribution in [-0.2, 0) is 19.3 Å². The van der Waals surface area contributed by atoms with E-state index in [1.54, 1.807) is 18.2 Å². The van der Waals surface area contributed by atoms with Gasteiger partial charge in [-0.25, -0.2) is 4.18 Å². The van der Waals surface area contributed by atoms with E-state index >= 15 is 0 Å². The number of rotatable bonds is 7. The standard InChI is InChI=1S/C9H10O4S.C4H10O/c1-2-8-12-14(10,11)13-9-6-4-3-5-7-9;1-3-5-4-2/h2-7H,1,8H2;3-4H2,1-2H3. The van der Waals surface area contributed by atoms with Gasteiger partial charge < -0.3 is 8.92 Å². The fraction of sp³-hybridized carbons (Fsp3) is 0.385. The van der Waals surface area contributed by atoms with Crippen LogP contribution < -0.4 is 4.18 Å². The molecule has 6 heteroatoms. The molecule has 0 atom stereocenters. The van der Waals surface area contributed by atoms with Gasteiger partial charge in [0, 0.05) is 13.2 Å². The lowest BCUT2D eigenvalue weighted by Gasteiger charge is -2.04. The average molecular weight is 288 g/mol. The van der Waals surface area contributed by atoms with Gasteiger partial charge in [-0.05, 0) is 26.0 Å². The van der Waals surface area contributed by atoms with Crippen molar-refractivity contribution in [2.75, 3.05) is 19.8 Å². The molecule has 0 heterocycles. The van der Waals surface area contributed by atoms with E-state index < -0.39 is 10.4 Å². The maximum absolute atomic E-state index is 11.1. The van der Waals surface area contributed by atoms with E-state index in [2.05, 4.69) is 14.9 Å². The lowest BCUT2D eigenvalue weighted by Crippen LogP contribution is -2.13. The number of hydrogen-bond donors (Lipinski definition) is 0. The molecule has 0 aliphatic carbocycles. The minimum atomic E-state index is -3.97. The number of hydrogen-bond acceptors (Lipinski definition) is 5. The fourth-order valence-corrected chi connectivity index (χ4v) is 1.61. The summed E-state index contributed by atoms with van der Waals surface area (Å²) in [5, 5.41) is 0. The highest BCUT2D eigenvalue weighted by atomic mass is 32.3. The van der Waals surface area contributed by atoms with Crippen molar-refractivity contribution in [3.05, 3.63) is 43.0 Å². The van der Waals surface area contributed by atoms with Crippen LogP contribution in [0.1, 0.15) is 13.8 Å². The van der Waals surface area contributed by atoms with Crippen molar-refractivity contribution in [1.29, 1.82) is 0 Å². The molecular weight excluding hydrogens is 268 g/mol. The van der Waals surface area contributed by atoms with Crippen LogP contribution in [0, 0.1) is 0 Å². The van der Waals surface area contributed by atoms with Gasteiger partial charge in [-0.2, -0.15) is 8.42 Å². The molecule has 0 spiro atoms. The number of para-hydroxylation sites is 1. The van der Waals surface area contributed by atoms with Gasteiger partial charge in [0.2, 0.25) is 0 Å². The molecule has 0 fully saturated rings. The van der Waals surface area contributed by atoms with Crippen LogP contribution in [0.5, 0.6) is 5.75 Å². The Hall–Kier alpha value is -1.37. The monoisotopic (exact) mass is 288 g/mol. The molecule has 1 aromatic rings. The highest BCUT2D eigenvalue weighted by molar-refractivity contribution is 7.82. The van der Waals surface area contributed by atoms with E-state index in [9.17, 15) is 8.42 Å². The first-order chi connectivity index (χ1) is 9.05. The summed E-state index contributed by atoms with van der Waals surface area (Å²) in [7, 11) is -3.97. The van der Waals surface area contributed by atoms with Crippen molar-refractivity contribution in [2.45, 2.75) is 13.8 Å². The van der Waals surface area contributed by atoms with Gasteiger partial charge in [0.25, 0.3) is 0 Å². The van der Waals surface area contributed by atoms with E-state index in [-0.39, 0.29) is 12.4 Å². The maximum atomic E-state index is 11.1. The van der Waals surface area contributed by atoms with Crippen molar-refractivity contribution in [1.82, 2.24) is 0 Å². The molecule has 0 aliphatic rings. The molecule has 0 unspecified atom stereocenters. The molecule has 0 saturated carbocycles. The normalized spacial score (nSPS) is 10.2. The van der Waals surface area contributed by atoms with Gasteiger partial charge in [-0.1, -0.05) is 24.3 Å². The largest absolute Gasteiger partial charge is 0.449 e. The summed E-state index contributed by atoms with van der Waals surface area (Å²) in [4.78, 5) is 0. The Kier molecular flexibility index (Phi) is 9.78. The van der Waals surface area contributed by atoms with Crippen molar-refractivity contribution in [3.63, 3.8) is 0 Å². The molecule has 0 aliphatic heterocycles. The van der Waals surface area contributed by atoms with Crippen molar-refractivity contribution in [2.24, 2.45) is 0 Å². The summed E-state index contributed by atoms with van der Waals surface area (Å²) in [5.41, 5.74) is 0. The van der Waals surface area contributed by atoms with E-state index in [1.165, 1.54) is 18.2 Å². The second-order valence-corrected chi connectivity index (χ2v) is 4.38. The predicted octanol–water partition coefficient (Wildman–Crippen LogP) is 2.56. The third-order valence-corrected chi connectivity index (χ3v) is 2.50. The third kappa shape index (κ3) is 10.3. The summed E-state index contributed by atoms with van der Waals surface area (Å²) < 4.78 is 36.0. The first-order valence-electron chi connectivity index (χ1n) is 5.88. The van der Waals surface area contributed by atoms with Gasteiger partial charge in [0.1, 0.15) is 5.75 Å². The summed E-state index contributed by atoms with van der Waals surface area (Å²) in [6.45, 7) is 8.89. The van der Waals surface area contributed by atoms with Gasteiger partial charge in [0.15, 0.2) is 0 Å². The second kappa shape index (κ2) is 10.5. The molecule has 0 radical (unpaired) electrons. The Balaban J connectivity index is 0.000000555. The molecule has 1 rings (SSSR count). The van der Waals surface area contributed by atoms with Crippen LogP contribution >= 0.6 is 0 Å². The van der Waals surface area contributed by atoms with E-state index in [1.807, 2.05) is 13.8 Å². The van der Waals surface area contributed by atoms with Crippen LogP contribution in [0.25, 0.3) is 0 Å². The summed E-state index contributed by atoms with van der Waals surface area (Å²) >= 11 is 0. The molecule has 1 aromatic carbocycles. The quantitative estimate of drug-likeness (QED) is 0.722. The summed E-state index contributed by atoms with van der Waals surface area (Å²) in [6, 6.07) is 8.13. The lowest BCUT2D eigenvalue weighted by atomic mass is 10.3. The molecule has 0 N–H and O–H groups in total. The predicted molar refractivity (Wildman–Crippen MR) is 74.3 cm³/mol. The first-order valence-corrected chi connectivity index (χ1v) is 7.21. The van der Waals surface area contributed by atoms with Gasteiger partial charge >= 0.3 is 10.4 Å². The van der Waals surface area contributed by atoms with E-state index in [0.717, 1.165) is 13.2 Å². The Bertz CT molecular complexity index is 426. The Labute approximate surface area is 115 Å². The van der Waals surface area contributed by atoms with Gasteiger partial charge in [-0.3, -0.25) is 0 Å². The summed E-state index contributed by atoms with van der Waals surface area (Å²) in [5.74, 6) is 0.219. The van der Waals surface area contributed by atoms with Crippen molar-refractivity contribution >= 4 is 10.4 Å². The molecule has 0 aromatic heterocycles. The smallest absolute Gasteiger partial charge is 0.382 e. The number of ether oxygens (including phenoxy) is 1. The van der Waals surface area contributed by atoms with Gasteiger partial charge in [0.05, 0.1) is 6.61 Å². The minimum absolute atomic E-state index is 0.102. The molecule has 5 nitrogen and oxygen atoms in total. The zero-order valence-electron chi connectivity index (χ0n) is 11.2. The van der Waals surface area contributed by atoms with E-state index in [4.69, 9.17) is 4.74 Å². The third-order valence-electron chi connectivity index (χ3n) is 1.68. The van der Waals surface area contributed by atoms with Gasteiger partial charge in [-0.15, -0.1) is 6.58 Å². The Morgan fingerprint density at radius 1 is 1.16 bits per heavy atom. The number of benzene rings is 1. The molecule has 0 saturated heterocycles. The highest BCUT2D eigenvalue weighted by Gasteiger charge is 2.11. The average Bonchev–Trinajstić information content (AvgIpc) is 2.39. The molecule has 0 bridgehead atoms. The van der Waals surface area contributed by atoms with E-state index in [0.29, 0.717) is 0 Å². The Morgan fingerprint density at radius 3 is 2.16 bits per heavy atom. The fourth-order valence-electron chi connectivity index (χ4n) is 0.954. The van der Waals surface area contributed by atoms with Crippen LogP contribution in [0.3, 0.4) is 0 Å². The van der Waals surface area contributed by atoms with Crippen molar-refractivity contribution < 1.29 is 21.5 Å². The van der Waals surface area contributed by atoms with Crippen LogP contribution in [0.15, 0.2) is 43.0 Å². The van der Waals surface area contributed by atoms with Crippen molar-refractivity contribution in [3.8, 4) is 5.75 Å². The van der Waals surface area contributed by atoms with Crippen LogP contribution in [0.4, 0.5) is 0 Å². The van der Waals surface area contributed by atoms with Crippen LogP contribution in [-0.4, -0.2) is 28.2 Å². The molecule has 0 amide bonds. The highest BCUT2D eigenvalue weighted by Crippen LogP contribution is 2.11. The van der Waals surface area contributed by atoms with Crippen LogP contribution in [0.2, 0.25) is 0 Å². The second-order valence-electron chi connectivity index (χ2n) is 3.16. The topological polar surface area (TPSA) is 61.8 Å². The minimum Gasteiger partial charge on any atom is -0.382 e. The Morgan fingerprint density at radius 2 is 1.74 bits per heavy atom. The zero-order chi connectivity index (χ0) is 14.6. The lowest BCUT2D eigenvalue weighted by molar-refractivity contribution is 0.162.